The normalized spacial score (nSPS) is 10.3. The highest BCUT2D eigenvalue weighted by Crippen LogP contribution is 2.17. The molecule has 0 bridgehead atoms. The van der Waals surface area contributed by atoms with E-state index in [0.717, 1.165) is 21.7 Å². The van der Waals surface area contributed by atoms with Gasteiger partial charge in [-0.25, -0.2) is 0 Å². The molecule has 26 heavy (non-hydrogen) atoms. The minimum atomic E-state index is -0.397. The van der Waals surface area contributed by atoms with Gasteiger partial charge < -0.3 is 5.32 Å². The number of ketones is 1. The zero-order valence-corrected chi connectivity index (χ0v) is 16.0. The highest BCUT2D eigenvalue weighted by molar-refractivity contribution is 7.14. The molecule has 0 fully saturated rings. The number of rotatable bonds is 7. The van der Waals surface area contributed by atoms with Gasteiger partial charge in [0.2, 0.25) is 5.91 Å². The summed E-state index contributed by atoms with van der Waals surface area (Å²) in [4.78, 5) is 37.2. The third kappa shape index (κ3) is 6.00. The molecule has 1 aromatic heterocycles. The molecule has 0 aliphatic heterocycles. The number of Topliss-reactive ketones (excluding diaryl/α,β-unsaturated/α-hetero) is 1. The average Bonchev–Trinajstić information content (AvgIpc) is 3.03. The van der Waals surface area contributed by atoms with Crippen LogP contribution in [0.15, 0.2) is 30.3 Å². The number of hydrogen-bond acceptors (Lipinski definition) is 5. The van der Waals surface area contributed by atoms with Gasteiger partial charge in [0.1, 0.15) is 0 Å². The Balaban J connectivity index is 1.68. The Morgan fingerprint density at radius 2 is 1.65 bits per heavy atom. The van der Waals surface area contributed by atoms with Gasteiger partial charge in [0.25, 0.3) is 5.91 Å². The van der Waals surface area contributed by atoms with Crippen LogP contribution in [-0.2, 0) is 9.59 Å². The number of hydrogen-bond donors (Lipinski definition) is 3. The van der Waals surface area contributed by atoms with Gasteiger partial charge in [-0.3, -0.25) is 25.2 Å². The lowest BCUT2D eigenvalue weighted by Crippen LogP contribution is -2.44. The van der Waals surface area contributed by atoms with Crippen LogP contribution in [0.4, 0.5) is 5.69 Å². The maximum atomic E-state index is 11.9. The standard InChI is InChI=1S/C19H23N3O3S/c1-12-4-6-15(13(2)10-12)20-11-19(25)22-21-18(24)9-7-16(23)17-8-5-14(3)26-17/h4-6,8,10,20H,7,9,11H2,1-3H3,(H,21,24)(H,22,25). The van der Waals surface area contributed by atoms with Gasteiger partial charge in [0.15, 0.2) is 5.78 Å². The summed E-state index contributed by atoms with van der Waals surface area (Å²) in [5, 5.41) is 3.02. The first-order valence-electron chi connectivity index (χ1n) is 8.33. The largest absolute Gasteiger partial charge is 0.376 e. The SMILES string of the molecule is Cc1ccc(NCC(=O)NNC(=O)CCC(=O)c2ccc(C)s2)c(C)c1. The Hall–Kier alpha value is -2.67. The molecule has 6 nitrogen and oxygen atoms in total. The lowest BCUT2D eigenvalue weighted by molar-refractivity contribution is -0.128. The highest BCUT2D eigenvalue weighted by atomic mass is 32.1. The summed E-state index contributed by atoms with van der Waals surface area (Å²) in [6.07, 6.45) is 0.142. The molecule has 0 radical (unpaired) electrons. The molecule has 1 aromatic carbocycles. The highest BCUT2D eigenvalue weighted by Gasteiger charge is 2.11. The molecule has 1 heterocycles. The molecular weight excluding hydrogens is 350 g/mol. The van der Waals surface area contributed by atoms with Crippen molar-refractivity contribution >= 4 is 34.6 Å². The first-order valence-corrected chi connectivity index (χ1v) is 9.15. The van der Waals surface area contributed by atoms with Crippen LogP contribution in [-0.4, -0.2) is 24.1 Å². The summed E-state index contributed by atoms with van der Waals surface area (Å²) >= 11 is 1.41. The topological polar surface area (TPSA) is 87.3 Å². The monoisotopic (exact) mass is 373 g/mol. The van der Waals surface area contributed by atoms with Gasteiger partial charge in [-0.1, -0.05) is 17.7 Å². The van der Waals surface area contributed by atoms with E-state index >= 15 is 0 Å². The molecule has 0 saturated carbocycles. The molecule has 2 amide bonds. The first-order chi connectivity index (χ1) is 12.3. The van der Waals surface area contributed by atoms with Crippen LogP contribution in [0.2, 0.25) is 0 Å². The fourth-order valence-corrected chi connectivity index (χ4v) is 3.20. The lowest BCUT2D eigenvalue weighted by atomic mass is 10.1. The number of amides is 2. The second kappa shape index (κ2) is 9.15. The number of aryl methyl sites for hydroxylation is 3. The smallest absolute Gasteiger partial charge is 0.257 e. The maximum Gasteiger partial charge on any atom is 0.257 e. The fourth-order valence-electron chi connectivity index (χ4n) is 2.37. The van der Waals surface area contributed by atoms with Gasteiger partial charge in [-0.2, -0.15) is 0 Å². The molecule has 138 valence electrons. The van der Waals surface area contributed by atoms with Gasteiger partial charge >= 0.3 is 0 Å². The zero-order valence-electron chi connectivity index (χ0n) is 15.1. The molecule has 0 atom stereocenters. The minimum absolute atomic E-state index is 0.0283. The molecule has 0 unspecified atom stereocenters. The summed E-state index contributed by atoms with van der Waals surface area (Å²) in [5.41, 5.74) is 7.73. The first kappa shape index (κ1) is 19.7. The van der Waals surface area contributed by atoms with E-state index in [4.69, 9.17) is 0 Å². The molecule has 2 aromatic rings. The summed E-state index contributed by atoms with van der Waals surface area (Å²) < 4.78 is 0. The number of hydrazine groups is 1. The van der Waals surface area contributed by atoms with Crippen LogP contribution in [0.25, 0.3) is 0 Å². The van der Waals surface area contributed by atoms with Gasteiger partial charge in [0, 0.05) is 23.4 Å². The number of carbonyl (C=O) groups is 3. The van der Waals surface area contributed by atoms with Crippen molar-refractivity contribution in [2.24, 2.45) is 0 Å². The van der Waals surface area contributed by atoms with Crippen molar-refractivity contribution in [3.8, 4) is 0 Å². The Kier molecular flexibility index (Phi) is 6.91. The number of carbonyl (C=O) groups excluding carboxylic acids is 3. The van der Waals surface area contributed by atoms with Crippen LogP contribution in [0.1, 0.15) is 38.5 Å². The van der Waals surface area contributed by atoms with Gasteiger partial charge in [-0.15, -0.1) is 11.3 Å². The maximum absolute atomic E-state index is 11.9. The van der Waals surface area contributed by atoms with E-state index in [9.17, 15) is 14.4 Å². The number of thiophene rings is 1. The minimum Gasteiger partial charge on any atom is -0.376 e. The molecular formula is C19H23N3O3S. The lowest BCUT2D eigenvalue weighted by Gasteiger charge is -2.11. The quantitative estimate of drug-likeness (QED) is 0.514. The van der Waals surface area contributed by atoms with Crippen molar-refractivity contribution in [1.82, 2.24) is 10.9 Å². The molecule has 3 N–H and O–H groups in total. The zero-order chi connectivity index (χ0) is 19.1. The third-order valence-electron chi connectivity index (χ3n) is 3.76. The van der Waals surface area contributed by atoms with Crippen molar-refractivity contribution in [2.75, 3.05) is 11.9 Å². The molecule has 0 saturated heterocycles. The predicted molar refractivity (Wildman–Crippen MR) is 103 cm³/mol. The predicted octanol–water partition coefficient (Wildman–Crippen LogP) is 2.90. The number of benzene rings is 1. The van der Waals surface area contributed by atoms with Gasteiger partial charge in [-0.05, 0) is 44.5 Å². The molecule has 0 aliphatic carbocycles. The summed E-state index contributed by atoms with van der Waals surface area (Å²) in [5.74, 6) is -0.828. The van der Waals surface area contributed by atoms with Crippen molar-refractivity contribution in [2.45, 2.75) is 33.6 Å². The Morgan fingerprint density at radius 1 is 0.923 bits per heavy atom. The van der Waals surface area contributed by atoms with E-state index in [2.05, 4.69) is 16.2 Å². The van der Waals surface area contributed by atoms with Crippen molar-refractivity contribution in [3.05, 3.63) is 51.2 Å². The number of anilines is 1. The summed E-state index contributed by atoms with van der Waals surface area (Å²) in [6, 6.07) is 9.53. The summed E-state index contributed by atoms with van der Waals surface area (Å²) in [7, 11) is 0. The molecule has 0 spiro atoms. The second-order valence-electron chi connectivity index (χ2n) is 6.10. The number of nitrogens with one attached hydrogen (secondary N) is 3. The molecule has 0 aliphatic rings. The van der Waals surface area contributed by atoms with Crippen molar-refractivity contribution in [3.63, 3.8) is 0 Å². The van der Waals surface area contributed by atoms with Crippen LogP contribution in [0, 0.1) is 20.8 Å². The summed E-state index contributed by atoms with van der Waals surface area (Å²) in [6.45, 7) is 5.93. The van der Waals surface area contributed by atoms with E-state index in [1.165, 1.54) is 11.3 Å². The second-order valence-corrected chi connectivity index (χ2v) is 7.39. The molecule has 7 heteroatoms. The van der Waals surface area contributed by atoms with Crippen LogP contribution in [0.3, 0.4) is 0 Å². The van der Waals surface area contributed by atoms with Crippen LogP contribution >= 0.6 is 11.3 Å². The van der Waals surface area contributed by atoms with Crippen molar-refractivity contribution < 1.29 is 14.4 Å². The average molecular weight is 373 g/mol. The van der Waals surface area contributed by atoms with E-state index < -0.39 is 5.91 Å². The van der Waals surface area contributed by atoms with E-state index in [1.54, 1.807) is 6.07 Å². The van der Waals surface area contributed by atoms with E-state index in [1.807, 2.05) is 45.0 Å². The Morgan fingerprint density at radius 3 is 2.31 bits per heavy atom. The van der Waals surface area contributed by atoms with Gasteiger partial charge in [0.05, 0.1) is 11.4 Å². The fraction of sp³-hybridized carbons (Fsp3) is 0.316. The molecule has 2 rings (SSSR count). The van der Waals surface area contributed by atoms with Crippen LogP contribution in [0.5, 0.6) is 0 Å². The van der Waals surface area contributed by atoms with E-state index in [0.29, 0.717) is 4.88 Å². The van der Waals surface area contributed by atoms with Crippen molar-refractivity contribution in [1.29, 1.82) is 0 Å². The third-order valence-corrected chi connectivity index (χ3v) is 4.80. The Labute approximate surface area is 157 Å². The Bertz CT molecular complexity index is 814. The van der Waals surface area contributed by atoms with E-state index in [-0.39, 0.29) is 31.1 Å². The van der Waals surface area contributed by atoms with Crippen LogP contribution < -0.4 is 16.2 Å².